The predicted molar refractivity (Wildman–Crippen MR) is 99.1 cm³/mol. The third-order valence-corrected chi connectivity index (χ3v) is 4.66. The van der Waals surface area contributed by atoms with Gasteiger partial charge in [0.05, 0.1) is 31.9 Å². The maximum atomic E-state index is 12.7. The molecule has 3 heterocycles. The molecule has 0 saturated carbocycles. The van der Waals surface area contributed by atoms with Crippen molar-refractivity contribution in [3.05, 3.63) is 28.0 Å². The largest absolute Gasteiger partial charge is 0.442 e. The first-order valence-corrected chi connectivity index (χ1v) is 9.17. The van der Waals surface area contributed by atoms with Crippen molar-refractivity contribution in [3.8, 4) is 0 Å². The fourth-order valence-electron chi connectivity index (χ4n) is 3.18. The van der Waals surface area contributed by atoms with E-state index in [-0.39, 0.29) is 28.1 Å². The van der Waals surface area contributed by atoms with Crippen LogP contribution in [0.5, 0.6) is 0 Å². The van der Waals surface area contributed by atoms with Gasteiger partial charge in [-0.2, -0.15) is 0 Å². The zero-order chi connectivity index (χ0) is 19.2. The number of nitrogens with one attached hydrogen (secondary N) is 1. The molecule has 0 spiro atoms. The predicted octanol–water partition coefficient (Wildman–Crippen LogP) is 0.396. The van der Waals surface area contributed by atoms with Gasteiger partial charge in [0.2, 0.25) is 5.71 Å². The third kappa shape index (κ3) is 4.55. The van der Waals surface area contributed by atoms with Gasteiger partial charge in [-0.3, -0.25) is 19.1 Å². The molecule has 1 N–H and O–H groups in total. The molecule has 1 aliphatic heterocycles. The highest BCUT2D eigenvalue weighted by Gasteiger charge is 2.22. The van der Waals surface area contributed by atoms with Crippen LogP contribution in [0.3, 0.4) is 0 Å². The summed E-state index contributed by atoms with van der Waals surface area (Å²) in [7, 11) is 1.56. The van der Waals surface area contributed by atoms with Gasteiger partial charge in [-0.05, 0) is 19.9 Å². The molecular formula is C18H26N4O5. The molecule has 0 bridgehead atoms. The molecule has 0 unspecified atom stereocenters. The van der Waals surface area contributed by atoms with Crippen LogP contribution in [0.1, 0.15) is 22.5 Å². The topological polar surface area (TPSA) is 98.8 Å². The van der Waals surface area contributed by atoms with E-state index in [4.69, 9.17) is 13.9 Å². The molecule has 9 heteroatoms. The molecule has 0 atom stereocenters. The maximum absolute atomic E-state index is 12.7. The number of ether oxygens (including phenoxy) is 2. The van der Waals surface area contributed by atoms with Gasteiger partial charge in [0.15, 0.2) is 0 Å². The number of rotatable bonds is 8. The van der Waals surface area contributed by atoms with E-state index in [2.05, 4.69) is 15.2 Å². The first kappa shape index (κ1) is 19.5. The number of aryl methyl sites for hydroxylation is 1. The van der Waals surface area contributed by atoms with Gasteiger partial charge in [-0.1, -0.05) is 0 Å². The summed E-state index contributed by atoms with van der Waals surface area (Å²) >= 11 is 0. The van der Waals surface area contributed by atoms with Crippen molar-refractivity contribution in [2.24, 2.45) is 0 Å². The highest BCUT2D eigenvalue weighted by atomic mass is 16.5. The summed E-state index contributed by atoms with van der Waals surface area (Å²) in [5.74, 6) is 0.0846. The van der Waals surface area contributed by atoms with Crippen LogP contribution in [0, 0.1) is 6.92 Å². The zero-order valence-corrected chi connectivity index (χ0v) is 15.8. The lowest BCUT2D eigenvalue weighted by atomic mass is 10.1. The molecule has 9 nitrogen and oxygen atoms in total. The Kier molecular flexibility index (Phi) is 6.59. The molecule has 1 aliphatic rings. The van der Waals surface area contributed by atoms with Crippen molar-refractivity contribution in [1.82, 2.24) is 19.8 Å². The van der Waals surface area contributed by atoms with E-state index in [1.165, 1.54) is 10.9 Å². The van der Waals surface area contributed by atoms with Crippen LogP contribution in [0.25, 0.3) is 11.1 Å². The minimum atomic E-state index is -0.309. The molecule has 2 aromatic heterocycles. The lowest BCUT2D eigenvalue weighted by Gasteiger charge is -2.26. The first-order valence-electron chi connectivity index (χ1n) is 9.17. The monoisotopic (exact) mass is 378 g/mol. The molecule has 2 aromatic rings. The number of hydrogen-bond acceptors (Lipinski definition) is 7. The van der Waals surface area contributed by atoms with Gasteiger partial charge in [0, 0.05) is 26.7 Å². The molecular weight excluding hydrogens is 352 g/mol. The van der Waals surface area contributed by atoms with Crippen LogP contribution < -0.4 is 10.9 Å². The second-order valence-corrected chi connectivity index (χ2v) is 6.51. The van der Waals surface area contributed by atoms with Crippen molar-refractivity contribution in [3.63, 3.8) is 0 Å². The number of nitrogens with zero attached hydrogens (tertiary/aromatic N) is 3. The molecule has 0 aromatic carbocycles. The van der Waals surface area contributed by atoms with Gasteiger partial charge < -0.3 is 19.2 Å². The molecule has 3 rings (SSSR count). The van der Waals surface area contributed by atoms with Gasteiger partial charge in [-0.15, -0.1) is 0 Å². The highest BCUT2D eigenvalue weighted by Crippen LogP contribution is 2.20. The summed E-state index contributed by atoms with van der Waals surface area (Å²) in [6.07, 6.45) is 2.24. The summed E-state index contributed by atoms with van der Waals surface area (Å²) in [6.45, 7) is 7.21. The Morgan fingerprint density at radius 3 is 2.85 bits per heavy atom. The van der Waals surface area contributed by atoms with Crippen molar-refractivity contribution in [1.29, 1.82) is 0 Å². The summed E-state index contributed by atoms with van der Waals surface area (Å²) in [6, 6.07) is 0. The van der Waals surface area contributed by atoms with E-state index in [1.54, 1.807) is 14.0 Å². The van der Waals surface area contributed by atoms with Crippen molar-refractivity contribution < 1.29 is 18.7 Å². The summed E-state index contributed by atoms with van der Waals surface area (Å²) in [4.78, 5) is 31.9. The third-order valence-electron chi connectivity index (χ3n) is 4.66. The van der Waals surface area contributed by atoms with Gasteiger partial charge in [0.1, 0.15) is 17.5 Å². The number of morpholine rings is 1. The van der Waals surface area contributed by atoms with E-state index in [0.29, 0.717) is 25.5 Å². The van der Waals surface area contributed by atoms with E-state index in [0.717, 1.165) is 39.3 Å². The summed E-state index contributed by atoms with van der Waals surface area (Å²) in [5.41, 5.74) is 0.151. The van der Waals surface area contributed by atoms with Crippen molar-refractivity contribution in [2.75, 3.05) is 53.1 Å². The summed E-state index contributed by atoms with van der Waals surface area (Å²) < 4.78 is 17.3. The first-order chi connectivity index (χ1) is 13.1. The second-order valence-electron chi connectivity index (χ2n) is 6.51. The Morgan fingerprint density at radius 2 is 2.11 bits per heavy atom. The van der Waals surface area contributed by atoms with E-state index in [9.17, 15) is 9.59 Å². The number of methoxy groups -OCH3 is 1. The molecule has 0 radical (unpaired) electrons. The quantitative estimate of drug-likeness (QED) is 0.664. The zero-order valence-electron chi connectivity index (χ0n) is 15.8. The Morgan fingerprint density at radius 1 is 1.33 bits per heavy atom. The Labute approximate surface area is 157 Å². The average Bonchev–Trinajstić information content (AvgIpc) is 3.02. The number of aromatic nitrogens is 2. The van der Waals surface area contributed by atoms with E-state index in [1.807, 2.05) is 0 Å². The lowest BCUT2D eigenvalue weighted by molar-refractivity contribution is 0.0374. The van der Waals surface area contributed by atoms with Crippen molar-refractivity contribution in [2.45, 2.75) is 19.9 Å². The number of carbonyl (C=O) groups excluding carboxylic acids is 1. The minimum absolute atomic E-state index is 0.185. The van der Waals surface area contributed by atoms with Crippen LogP contribution in [-0.2, 0) is 16.0 Å². The number of amides is 1. The maximum Gasteiger partial charge on any atom is 0.265 e. The molecule has 1 amide bonds. The summed E-state index contributed by atoms with van der Waals surface area (Å²) in [5, 5.41) is 3.11. The number of furan rings is 1. The number of carbonyl (C=O) groups is 1. The van der Waals surface area contributed by atoms with Gasteiger partial charge >= 0.3 is 0 Å². The van der Waals surface area contributed by atoms with Gasteiger partial charge in [0.25, 0.3) is 11.5 Å². The molecule has 1 fully saturated rings. The van der Waals surface area contributed by atoms with Crippen molar-refractivity contribution >= 4 is 17.0 Å². The molecule has 0 aliphatic carbocycles. The second kappa shape index (κ2) is 9.12. The SMILES string of the molecule is COCCn1cnc2oc(C)c(C(=O)NCCCN3CCOCC3)c2c1=O. The molecule has 148 valence electrons. The Hall–Kier alpha value is -2.23. The Bertz CT molecular complexity index is 838. The van der Waals surface area contributed by atoms with Crippen LogP contribution in [0.15, 0.2) is 15.5 Å². The Balaban J connectivity index is 1.68. The molecule has 27 heavy (non-hydrogen) atoms. The smallest absolute Gasteiger partial charge is 0.265 e. The van der Waals surface area contributed by atoms with Crippen LogP contribution in [-0.4, -0.2) is 73.5 Å². The minimum Gasteiger partial charge on any atom is -0.442 e. The molecule has 1 saturated heterocycles. The fourth-order valence-corrected chi connectivity index (χ4v) is 3.18. The standard InChI is InChI=1S/C18H26N4O5/c1-13-14(16(23)19-4-3-5-21-6-10-26-11-7-21)15-17(27-13)20-12-22(18(15)24)8-9-25-2/h12H,3-11H2,1-2H3,(H,19,23). The fraction of sp³-hybridized carbons (Fsp3) is 0.611. The van der Waals surface area contributed by atoms with Crippen LogP contribution in [0.4, 0.5) is 0 Å². The van der Waals surface area contributed by atoms with Crippen LogP contribution >= 0.6 is 0 Å². The van der Waals surface area contributed by atoms with Crippen LogP contribution in [0.2, 0.25) is 0 Å². The highest BCUT2D eigenvalue weighted by molar-refractivity contribution is 6.06. The van der Waals surface area contributed by atoms with E-state index < -0.39 is 0 Å². The average molecular weight is 378 g/mol. The number of fused-ring (bicyclic) bond motifs is 1. The normalized spacial score (nSPS) is 15.3. The lowest BCUT2D eigenvalue weighted by Crippen LogP contribution is -2.38. The van der Waals surface area contributed by atoms with E-state index >= 15 is 0 Å². The number of hydrogen-bond donors (Lipinski definition) is 1. The van der Waals surface area contributed by atoms with Gasteiger partial charge in [-0.25, -0.2) is 4.98 Å².